The van der Waals surface area contributed by atoms with Crippen LogP contribution in [0.2, 0.25) is 5.15 Å². The number of piperazine rings is 1. The van der Waals surface area contributed by atoms with E-state index in [1.54, 1.807) is 21.9 Å². The fourth-order valence-electron chi connectivity index (χ4n) is 4.30. The van der Waals surface area contributed by atoms with Crippen molar-refractivity contribution in [2.24, 2.45) is 5.73 Å². The van der Waals surface area contributed by atoms with Crippen LogP contribution in [0.4, 0.5) is 0 Å². The van der Waals surface area contributed by atoms with Crippen molar-refractivity contribution in [2.75, 3.05) is 26.2 Å². The molecule has 0 radical (unpaired) electrons. The number of nitrogens with zero attached hydrogens (tertiary/aromatic N) is 4. The van der Waals surface area contributed by atoms with Crippen LogP contribution in [0, 0.1) is 0 Å². The average Bonchev–Trinajstić information content (AvgIpc) is 3.13. The molecule has 160 valence electrons. The molecular weight excluding hydrogens is 414 g/mol. The van der Waals surface area contributed by atoms with Crippen LogP contribution in [0.1, 0.15) is 29.6 Å². The van der Waals surface area contributed by atoms with Crippen molar-refractivity contribution in [1.82, 2.24) is 19.2 Å². The van der Waals surface area contributed by atoms with Gasteiger partial charge in [-0.15, -0.1) is 0 Å². The van der Waals surface area contributed by atoms with Gasteiger partial charge in [0.25, 0.3) is 5.91 Å². The zero-order valence-electron chi connectivity index (χ0n) is 17.1. The van der Waals surface area contributed by atoms with Crippen molar-refractivity contribution in [3.05, 3.63) is 59.4 Å². The number of imidazole rings is 1. The lowest BCUT2D eigenvalue weighted by molar-refractivity contribution is -0.141. The molecule has 8 heteroatoms. The third-order valence-corrected chi connectivity index (χ3v) is 6.76. The minimum atomic E-state index is -0.679. The normalized spacial score (nSPS) is 18.1. The number of fused-ring (bicyclic) bond motifs is 1. The second-order valence-corrected chi connectivity index (χ2v) is 8.71. The van der Waals surface area contributed by atoms with Crippen molar-refractivity contribution in [1.29, 1.82) is 0 Å². The quantitative estimate of drug-likeness (QED) is 0.682. The Kier molecular flexibility index (Phi) is 4.95. The summed E-state index contributed by atoms with van der Waals surface area (Å²) in [5.74, 6) is -0.00890. The molecule has 1 aliphatic carbocycles. The minimum Gasteiger partial charge on any atom is -0.338 e. The lowest BCUT2D eigenvalue weighted by Crippen LogP contribution is -2.62. The molecule has 0 unspecified atom stereocenters. The fraction of sp³-hybridized carbons (Fsp3) is 0.348. The zero-order valence-corrected chi connectivity index (χ0v) is 17.9. The topological polar surface area (TPSA) is 83.9 Å². The molecule has 3 aromatic rings. The molecule has 2 fully saturated rings. The molecule has 7 nitrogen and oxygen atoms in total. The van der Waals surface area contributed by atoms with E-state index in [1.807, 2.05) is 40.9 Å². The number of amides is 2. The van der Waals surface area contributed by atoms with Crippen molar-refractivity contribution in [3.63, 3.8) is 0 Å². The van der Waals surface area contributed by atoms with Crippen LogP contribution >= 0.6 is 11.6 Å². The number of carbonyl (C=O) groups is 2. The molecule has 0 spiro atoms. The molecule has 5 rings (SSSR count). The van der Waals surface area contributed by atoms with Crippen LogP contribution in [0.25, 0.3) is 16.9 Å². The van der Waals surface area contributed by atoms with E-state index in [4.69, 9.17) is 17.3 Å². The second kappa shape index (κ2) is 7.66. The van der Waals surface area contributed by atoms with Gasteiger partial charge in [0.2, 0.25) is 5.91 Å². The zero-order chi connectivity index (χ0) is 21.6. The van der Waals surface area contributed by atoms with Crippen LogP contribution < -0.4 is 5.73 Å². The Balaban J connectivity index is 1.26. The van der Waals surface area contributed by atoms with Gasteiger partial charge in [-0.3, -0.25) is 14.0 Å². The Hall–Kier alpha value is -2.90. The number of hydrogen-bond acceptors (Lipinski definition) is 4. The Morgan fingerprint density at radius 1 is 0.968 bits per heavy atom. The van der Waals surface area contributed by atoms with Crippen LogP contribution in [0.3, 0.4) is 0 Å². The summed E-state index contributed by atoms with van der Waals surface area (Å²) < 4.78 is 1.83. The highest BCUT2D eigenvalue weighted by molar-refractivity contribution is 6.32. The van der Waals surface area contributed by atoms with Crippen molar-refractivity contribution < 1.29 is 9.59 Å². The van der Waals surface area contributed by atoms with Gasteiger partial charge in [-0.05, 0) is 43.5 Å². The van der Waals surface area contributed by atoms with Gasteiger partial charge in [-0.25, -0.2) is 4.98 Å². The molecule has 0 bridgehead atoms. The molecule has 31 heavy (non-hydrogen) atoms. The standard InChI is InChI=1S/C23H24ClN5O2/c24-20-19(26-18-4-1-2-11-29(18)20)16-5-7-17(8-6-16)21(30)27-12-14-28(15-13-27)22(31)23(25)9-3-10-23/h1-2,4-8,11H,3,9-10,12-15,25H2. The van der Waals surface area contributed by atoms with E-state index in [-0.39, 0.29) is 11.8 Å². The average molecular weight is 438 g/mol. The van der Waals surface area contributed by atoms with Gasteiger partial charge < -0.3 is 15.5 Å². The van der Waals surface area contributed by atoms with Crippen molar-refractivity contribution in [3.8, 4) is 11.3 Å². The molecule has 2 aliphatic rings. The van der Waals surface area contributed by atoms with Gasteiger partial charge in [-0.2, -0.15) is 0 Å². The molecule has 2 aromatic heterocycles. The molecular formula is C23H24ClN5O2. The van der Waals surface area contributed by atoms with Crippen molar-refractivity contribution >= 4 is 29.1 Å². The van der Waals surface area contributed by atoms with E-state index in [2.05, 4.69) is 4.98 Å². The van der Waals surface area contributed by atoms with Gasteiger partial charge in [-0.1, -0.05) is 29.8 Å². The Morgan fingerprint density at radius 3 is 2.26 bits per heavy atom. The van der Waals surface area contributed by atoms with Crippen molar-refractivity contribution in [2.45, 2.75) is 24.8 Å². The summed E-state index contributed by atoms with van der Waals surface area (Å²) in [4.78, 5) is 33.7. The molecule has 3 heterocycles. The largest absolute Gasteiger partial charge is 0.338 e. The fourth-order valence-corrected chi connectivity index (χ4v) is 4.60. The minimum absolute atomic E-state index is 0.0273. The van der Waals surface area contributed by atoms with E-state index in [1.165, 1.54) is 0 Å². The molecule has 2 N–H and O–H groups in total. The highest BCUT2D eigenvalue weighted by Crippen LogP contribution is 2.31. The summed E-state index contributed by atoms with van der Waals surface area (Å²) >= 11 is 6.49. The van der Waals surface area contributed by atoms with Crippen LogP contribution in [-0.4, -0.2) is 62.7 Å². The maximum Gasteiger partial charge on any atom is 0.253 e. The Morgan fingerprint density at radius 2 is 1.65 bits per heavy atom. The van der Waals surface area contributed by atoms with Crippen LogP contribution in [0.15, 0.2) is 48.7 Å². The van der Waals surface area contributed by atoms with Gasteiger partial charge in [0.1, 0.15) is 16.5 Å². The highest BCUT2D eigenvalue weighted by Gasteiger charge is 2.43. The monoisotopic (exact) mass is 437 g/mol. The summed E-state index contributed by atoms with van der Waals surface area (Å²) in [6.07, 6.45) is 4.39. The first kappa shape index (κ1) is 20.0. The van der Waals surface area contributed by atoms with E-state index >= 15 is 0 Å². The number of nitrogens with two attached hydrogens (primary N) is 1. The van der Waals surface area contributed by atoms with E-state index in [0.29, 0.717) is 42.6 Å². The number of rotatable bonds is 3. The summed E-state index contributed by atoms with van der Waals surface area (Å²) in [5.41, 5.74) is 8.42. The number of pyridine rings is 1. The van der Waals surface area contributed by atoms with Gasteiger partial charge >= 0.3 is 0 Å². The number of carbonyl (C=O) groups excluding carboxylic acids is 2. The maximum atomic E-state index is 12.9. The van der Waals surface area contributed by atoms with E-state index in [0.717, 1.165) is 30.5 Å². The lowest BCUT2D eigenvalue weighted by atomic mass is 9.76. The van der Waals surface area contributed by atoms with Crippen LogP contribution in [-0.2, 0) is 4.79 Å². The molecule has 1 aliphatic heterocycles. The summed E-state index contributed by atoms with van der Waals surface area (Å²) in [7, 11) is 0. The summed E-state index contributed by atoms with van der Waals surface area (Å²) in [5, 5.41) is 0.541. The number of halogens is 1. The molecule has 2 amide bonds. The SMILES string of the molecule is NC1(C(=O)N2CCN(C(=O)c3ccc(-c4nc5ccccn5c4Cl)cc3)CC2)CCC1. The smallest absolute Gasteiger partial charge is 0.253 e. The first-order valence-electron chi connectivity index (χ1n) is 10.6. The molecule has 1 saturated heterocycles. The summed E-state index contributed by atoms with van der Waals surface area (Å²) in [6, 6.07) is 13.1. The van der Waals surface area contributed by atoms with Gasteiger partial charge in [0.15, 0.2) is 0 Å². The summed E-state index contributed by atoms with van der Waals surface area (Å²) in [6.45, 7) is 2.08. The number of aromatic nitrogens is 2. The third kappa shape index (κ3) is 3.47. The predicted octanol–water partition coefficient (Wildman–Crippen LogP) is 2.82. The Labute approximate surface area is 185 Å². The lowest BCUT2D eigenvalue weighted by Gasteiger charge is -2.43. The maximum absolute atomic E-state index is 12.9. The third-order valence-electron chi connectivity index (χ3n) is 6.40. The van der Waals surface area contributed by atoms with E-state index in [9.17, 15) is 9.59 Å². The highest BCUT2D eigenvalue weighted by atomic mass is 35.5. The first-order chi connectivity index (χ1) is 15.0. The van der Waals surface area contributed by atoms with Gasteiger partial charge in [0.05, 0.1) is 5.54 Å². The Bertz CT molecular complexity index is 1140. The number of benzene rings is 1. The first-order valence-corrected chi connectivity index (χ1v) is 10.9. The predicted molar refractivity (Wildman–Crippen MR) is 119 cm³/mol. The molecule has 0 atom stereocenters. The second-order valence-electron chi connectivity index (χ2n) is 8.35. The molecule has 1 aromatic carbocycles. The van der Waals surface area contributed by atoms with E-state index < -0.39 is 5.54 Å². The number of hydrogen-bond donors (Lipinski definition) is 1. The van der Waals surface area contributed by atoms with Gasteiger partial charge in [0, 0.05) is 43.5 Å². The molecule has 1 saturated carbocycles. The van der Waals surface area contributed by atoms with Crippen LogP contribution in [0.5, 0.6) is 0 Å².